The monoisotopic (exact) mass is 549 g/mol. The first-order valence-corrected chi connectivity index (χ1v) is 13.9. The average molecular weight is 550 g/mol. The number of carbonyl (C=O) groups is 2. The van der Waals surface area contributed by atoms with Gasteiger partial charge in [-0.2, -0.15) is 0 Å². The van der Waals surface area contributed by atoms with Gasteiger partial charge in [0.2, 0.25) is 5.91 Å². The average Bonchev–Trinajstić information content (AvgIpc) is 3.29. The highest BCUT2D eigenvalue weighted by Gasteiger charge is 2.42. The first-order valence-electron chi connectivity index (χ1n) is 13.9. The first kappa shape index (κ1) is 29.1. The predicted molar refractivity (Wildman–Crippen MR) is 152 cm³/mol. The van der Waals surface area contributed by atoms with Gasteiger partial charge in [0.1, 0.15) is 23.9 Å². The van der Waals surface area contributed by atoms with Crippen LogP contribution in [0.1, 0.15) is 56.0 Å². The highest BCUT2D eigenvalue weighted by molar-refractivity contribution is 5.97. The van der Waals surface area contributed by atoms with E-state index < -0.39 is 5.97 Å². The van der Waals surface area contributed by atoms with Gasteiger partial charge in [0, 0.05) is 36.1 Å². The summed E-state index contributed by atoms with van der Waals surface area (Å²) in [5, 5.41) is 11.4. The molecule has 0 bridgehead atoms. The number of hydrogen-bond acceptors (Lipinski definition) is 4. The van der Waals surface area contributed by atoms with Crippen LogP contribution in [0.2, 0.25) is 0 Å². The quantitative estimate of drug-likeness (QED) is 0.283. The van der Waals surface area contributed by atoms with Crippen molar-refractivity contribution >= 4 is 17.6 Å². The Bertz CT molecular complexity index is 1300. The molecule has 7 nitrogen and oxygen atoms in total. The largest absolute Gasteiger partial charge is 0.493 e. The molecule has 1 atom stereocenters. The minimum Gasteiger partial charge on any atom is -0.493 e. The third-order valence-electron chi connectivity index (χ3n) is 7.61. The first-order chi connectivity index (χ1) is 19.3. The van der Waals surface area contributed by atoms with Crippen LogP contribution in [0.15, 0.2) is 60.7 Å². The number of aromatic carboxylic acids is 1. The summed E-state index contributed by atoms with van der Waals surface area (Å²) >= 11 is 0. The van der Waals surface area contributed by atoms with Gasteiger partial charge in [-0.1, -0.05) is 19.1 Å². The van der Waals surface area contributed by atoms with Crippen molar-refractivity contribution in [3.05, 3.63) is 77.6 Å². The Labute approximate surface area is 234 Å². The van der Waals surface area contributed by atoms with E-state index in [-0.39, 0.29) is 22.7 Å². The van der Waals surface area contributed by atoms with Crippen molar-refractivity contribution in [3.63, 3.8) is 0 Å². The number of benzene rings is 3. The Kier molecular flexibility index (Phi) is 9.42. The lowest BCUT2D eigenvalue weighted by Gasteiger charge is -2.27. The zero-order chi connectivity index (χ0) is 28.7. The van der Waals surface area contributed by atoms with Gasteiger partial charge in [0.15, 0.2) is 0 Å². The summed E-state index contributed by atoms with van der Waals surface area (Å²) in [4.78, 5) is 25.9. The van der Waals surface area contributed by atoms with E-state index in [1.165, 1.54) is 12.1 Å². The van der Waals surface area contributed by atoms with Crippen molar-refractivity contribution in [3.8, 4) is 22.6 Å². The van der Waals surface area contributed by atoms with Gasteiger partial charge in [0.25, 0.3) is 0 Å². The number of halogens is 1. The van der Waals surface area contributed by atoms with Crippen molar-refractivity contribution in [2.75, 3.05) is 31.2 Å². The number of amides is 1. The van der Waals surface area contributed by atoms with Crippen LogP contribution in [-0.4, -0.2) is 43.3 Å². The fourth-order valence-electron chi connectivity index (χ4n) is 5.37. The van der Waals surface area contributed by atoms with Crippen LogP contribution in [-0.2, 0) is 11.3 Å². The Hall–Kier alpha value is -3.91. The highest BCUT2D eigenvalue weighted by atomic mass is 19.1. The van der Waals surface area contributed by atoms with Crippen molar-refractivity contribution in [2.24, 2.45) is 5.41 Å². The highest BCUT2D eigenvalue weighted by Crippen LogP contribution is 2.41. The number of hydrogen-bond donors (Lipinski definition) is 2. The Morgan fingerprint density at radius 1 is 1.00 bits per heavy atom. The van der Waals surface area contributed by atoms with Gasteiger partial charge >= 0.3 is 5.97 Å². The van der Waals surface area contributed by atoms with E-state index >= 15 is 0 Å². The molecule has 8 heteroatoms. The summed E-state index contributed by atoms with van der Waals surface area (Å²) in [6, 6.07) is 16.9. The third kappa shape index (κ3) is 6.62. The topological polar surface area (TPSA) is 92.7 Å². The number of anilines is 1. The molecule has 3 N–H and O–H groups in total. The van der Waals surface area contributed by atoms with Crippen LogP contribution in [0.25, 0.3) is 11.1 Å². The van der Waals surface area contributed by atoms with E-state index in [4.69, 9.17) is 14.6 Å². The van der Waals surface area contributed by atoms with E-state index in [0.717, 1.165) is 48.3 Å². The number of nitrogens with two attached hydrogens (primary N) is 1. The van der Waals surface area contributed by atoms with Crippen molar-refractivity contribution in [1.82, 2.24) is 0 Å². The summed E-state index contributed by atoms with van der Waals surface area (Å²) in [5.74, 6) is 0.214. The smallest absolute Gasteiger partial charge is 0.335 e. The Balaban J connectivity index is 1.44. The molecule has 0 saturated carbocycles. The second-order valence-electron chi connectivity index (χ2n) is 10.2. The minimum atomic E-state index is -0.982. The SMILES string of the molecule is CCOc1cc(C[NH2+]CCC2(CC)CC(=O)N(c3ccc(C(=O)O)cc3)C2)cc(OCC)c1-c1ccc(F)cc1. The fraction of sp³-hybridized carbons (Fsp3) is 0.375. The maximum atomic E-state index is 13.6. The van der Waals surface area contributed by atoms with Crippen LogP contribution in [0.4, 0.5) is 10.1 Å². The van der Waals surface area contributed by atoms with E-state index in [0.29, 0.717) is 37.7 Å². The molecule has 0 aromatic heterocycles. The van der Waals surface area contributed by atoms with Crippen molar-refractivity contribution in [2.45, 2.75) is 46.6 Å². The molecule has 1 aliphatic rings. The number of rotatable bonds is 13. The second kappa shape index (κ2) is 13.0. The molecule has 0 aliphatic carbocycles. The normalized spacial score (nSPS) is 16.8. The maximum absolute atomic E-state index is 13.6. The minimum absolute atomic E-state index is 0.0732. The van der Waals surface area contributed by atoms with E-state index in [1.807, 2.05) is 26.0 Å². The second-order valence-corrected chi connectivity index (χ2v) is 10.2. The van der Waals surface area contributed by atoms with Crippen LogP contribution in [0.5, 0.6) is 11.5 Å². The number of quaternary nitrogens is 1. The molecule has 1 heterocycles. The Morgan fingerprint density at radius 2 is 1.62 bits per heavy atom. The zero-order valence-corrected chi connectivity index (χ0v) is 23.4. The molecule has 1 unspecified atom stereocenters. The summed E-state index contributed by atoms with van der Waals surface area (Å²) in [7, 11) is 0. The number of carboxylic acid groups (broad SMARTS) is 1. The van der Waals surface area contributed by atoms with Gasteiger partial charge in [-0.25, -0.2) is 9.18 Å². The molecule has 3 aromatic rings. The molecular weight excluding hydrogens is 511 g/mol. The third-order valence-corrected chi connectivity index (χ3v) is 7.61. The van der Waals surface area contributed by atoms with Gasteiger partial charge in [-0.05, 0) is 74.4 Å². The van der Waals surface area contributed by atoms with E-state index in [1.54, 1.807) is 41.3 Å². The van der Waals surface area contributed by atoms with Gasteiger partial charge in [0.05, 0.1) is 30.9 Å². The molecule has 1 aliphatic heterocycles. The van der Waals surface area contributed by atoms with E-state index in [2.05, 4.69) is 12.2 Å². The van der Waals surface area contributed by atoms with Crippen molar-refractivity contribution in [1.29, 1.82) is 0 Å². The summed E-state index contributed by atoms with van der Waals surface area (Å²) < 4.78 is 25.6. The van der Waals surface area contributed by atoms with Gasteiger partial charge in [-0.3, -0.25) is 4.79 Å². The fourth-order valence-corrected chi connectivity index (χ4v) is 5.37. The molecule has 1 fully saturated rings. The lowest BCUT2D eigenvalue weighted by atomic mass is 9.81. The number of carboxylic acids is 1. The molecule has 0 radical (unpaired) electrons. The maximum Gasteiger partial charge on any atom is 0.335 e. The molecule has 1 saturated heterocycles. The molecule has 40 heavy (non-hydrogen) atoms. The van der Waals surface area contributed by atoms with Crippen LogP contribution < -0.4 is 19.7 Å². The van der Waals surface area contributed by atoms with Crippen molar-refractivity contribution < 1.29 is 33.9 Å². The van der Waals surface area contributed by atoms with Crippen LogP contribution in [0.3, 0.4) is 0 Å². The molecule has 1 amide bonds. The molecule has 212 valence electrons. The van der Waals surface area contributed by atoms with E-state index in [9.17, 15) is 14.0 Å². The lowest BCUT2D eigenvalue weighted by molar-refractivity contribution is -0.672. The summed E-state index contributed by atoms with van der Waals surface area (Å²) in [6.07, 6.45) is 2.24. The van der Waals surface area contributed by atoms with Gasteiger partial charge in [-0.15, -0.1) is 0 Å². The lowest BCUT2D eigenvalue weighted by Crippen LogP contribution is -2.83. The number of nitrogens with zero attached hydrogens (tertiary/aromatic N) is 1. The van der Waals surface area contributed by atoms with Crippen LogP contribution >= 0.6 is 0 Å². The van der Waals surface area contributed by atoms with Gasteiger partial charge < -0.3 is 24.8 Å². The van der Waals surface area contributed by atoms with Crippen LogP contribution in [0, 0.1) is 11.2 Å². The summed E-state index contributed by atoms with van der Waals surface area (Å²) in [6.45, 7) is 9.18. The molecule has 0 spiro atoms. The molecular formula is C32H38FN2O5+. The number of carbonyl (C=O) groups excluding carboxylic acids is 1. The zero-order valence-electron chi connectivity index (χ0n) is 23.4. The predicted octanol–water partition coefficient (Wildman–Crippen LogP) is 5.28. The standard InChI is InChI=1S/C32H37FN2O5/c1-4-32(19-29(36)35(21-32)26-13-9-24(10-14-26)31(37)38)15-16-34-20-22-17-27(39-5-2)30(28(18-22)40-6-3)23-7-11-25(33)12-8-23/h7-14,17-18,34H,4-6,15-16,19-21H2,1-3H3,(H,37,38)/p+1. The molecule has 4 rings (SSSR count). The summed E-state index contributed by atoms with van der Waals surface area (Å²) in [5.41, 5.74) is 3.53. The molecule has 3 aromatic carbocycles. The number of ether oxygens (including phenoxy) is 2. The Morgan fingerprint density at radius 3 is 2.17 bits per heavy atom.